The number of amides is 1. The molecule has 0 aliphatic carbocycles. The van der Waals surface area contributed by atoms with Crippen LogP contribution >= 0.6 is 0 Å². The first kappa shape index (κ1) is 19.6. The number of alkyl carbamates (subject to hydrolysis) is 1. The average Bonchev–Trinajstić information content (AvgIpc) is 3.13. The molecular weight excluding hydrogens is 308 g/mol. The van der Waals surface area contributed by atoms with Crippen LogP contribution in [0.5, 0.6) is 0 Å². The van der Waals surface area contributed by atoms with E-state index in [9.17, 15) is 4.79 Å². The second-order valence-electron chi connectivity index (χ2n) is 5.15. The lowest BCUT2D eigenvalue weighted by Crippen LogP contribution is -2.32. The number of carbonyl (C=O) groups is 1. The minimum absolute atomic E-state index is 0.173. The molecule has 8 heteroatoms. The normalized spacial score (nSPS) is 11.2. The smallest absolute Gasteiger partial charge is 0.406 e. The van der Waals surface area contributed by atoms with Crippen molar-refractivity contribution in [3.63, 3.8) is 0 Å². The van der Waals surface area contributed by atoms with Crippen LogP contribution in [0.15, 0.2) is 30.6 Å². The zero-order chi connectivity index (χ0) is 17.8. The van der Waals surface area contributed by atoms with Gasteiger partial charge in [0.1, 0.15) is 6.33 Å². The molecule has 1 atom stereocenters. The third kappa shape index (κ3) is 6.74. The second-order valence-corrected chi connectivity index (χ2v) is 5.15. The van der Waals surface area contributed by atoms with Gasteiger partial charge in [-0.2, -0.15) is 0 Å². The second kappa shape index (κ2) is 11.1. The number of ether oxygens (including phenoxy) is 1. The van der Waals surface area contributed by atoms with Gasteiger partial charge in [-0.15, -0.1) is 5.10 Å². The minimum atomic E-state index is -0.421. The molecule has 1 unspecified atom stereocenters. The number of rotatable bonds is 6. The molecule has 24 heavy (non-hydrogen) atoms. The summed E-state index contributed by atoms with van der Waals surface area (Å²) in [6.07, 6.45) is 2.38. The molecule has 0 saturated carbocycles. The fourth-order valence-electron chi connectivity index (χ4n) is 1.84. The Morgan fingerprint density at radius 3 is 2.46 bits per heavy atom. The number of nitrogens with one attached hydrogen (secondary N) is 2. The van der Waals surface area contributed by atoms with Crippen LogP contribution < -0.4 is 10.6 Å². The van der Waals surface area contributed by atoms with Crippen LogP contribution in [0.4, 0.5) is 4.79 Å². The van der Waals surface area contributed by atoms with Gasteiger partial charge in [0.15, 0.2) is 0 Å². The van der Waals surface area contributed by atoms with Crippen LogP contribution in [0.2, 0.25) is 0 Å². The van der Waals surface area contributed by atoms with Crippen molar-refractivity contribution in [2.24, 2.45) is 0 Å². The Morgan fingerprint density at radius 1 is 1.25 bits per heavy atom. The fraction of sp³-hybridized carbons (Fsp3) is 0.500. The lowest BCUT2D eigenvalue weighted by atomic mass is 10.1. The van der Waals surface area contributed by atoms with Gasteiger partial charge in [-0.1, -0.05) is 32.4 Å². The first-order valence-corrected chi connectivity index (χ1v) is 8.00. The van der Waals surface area contributed by atoms with Crippen molar-refractivity contribution in [2.45, 2.75) is 33.2 Å². The molecule has 8 nitrogen and oxygen atoms in total. The quantitative estimate of drug-likeness (QED) is 0.786. The molecule has 0 aliphatic rings. The van der Waals surface area contributed by atoms with E-state index >= 15 is 0 Å². The Bertz CT molecular complexity index is 571. The van der Waals surface area contributed by atoms with Crippen LogP contribution in [-0.4, -0.2) is 46.5 Å². The number of benzene rings is 1. The Labute approximate surface area is 142 Å². The van der Waals surface area contributed by atoms with Gasteiger partial charge in [-0.25, -0.2) is 9.48 Å². The van der Waals surface area contributed by atoms with Gasteiger partial charge < -0.3 is 15.4 Å². The predicted octanol–water partition coefficient (Wildman–Crippen LogP) is 2.09. The Morgan fingerprint density at radius 2 is 1.92 bits per heavy atom. The lowest BCUT2D eigenvalue weighted by molar-refractivity contribution is 0.171. The maximum Gasteiger partial charge on any atom is 0.406 e. The Balaban J connectivity index is 0.000000891. The zero-order valence-corrected chi connectivity index (χ0v) is 14.7. The third-order valence-corrected chi connectivity index (χ3v) is 3.04. The van der Waals surface area contributed by atoms with Gasteiger partial charge in [0.25, 0.3) is 0 Å². The molecule has 0 fully saturated rings. The molecule has 2 aromatic rings. The number of hydrogen-bond donors (Lipinski definition) is 2. The summed E-state index contributed by atoms with van der Waals surface area (Å²) in [5.74, 6) is 0. The molecular formula is C16H26N6O2. The maximum atomic E-state index is 10.9. The highest BCUT2D eigenvalue weighted by molar-refractivity contribution is 5.66. The van der Waals surface area contributed by atoms with E-state index in [0.29, 0.717) is 13.1 Å². The van der Waals surface area contributed by atoms with Gasteiger partial charge in [0.2, 0.25) is 0 Å². The molecule has 0 aliphatic heterocycles. The van der Waals surface area contributed by atoms with E-state index in [2.05, 4.69) is 51.7 Å². The lowest BCUT2D eigenvalue weighted by Gasteiger charge is -2.14. The molecule has 0 radical (unpaired) electrons. The topological polar surface area (TPSA) is 94.0 Å². The van der Waals surface area contributed by atoms with Crippen molar-refractivity contribution in [3.05, 3.63) is 36.2 Å². The molecule has 0 spiro atoms. The van der Waals surface area contributed by atoms with Crippen molar-refractivity contribution < 1.29 is 9.53 Å². The number of carbonyl (C=O) groups excluding carboxylic acids is 1. The van der Waals surface area contributed by atoms with Gasteiger partial charge >= 0.3 is 6.09 Å². The van der Waals surface area contributed by atoms with Gasteiger partial charge in [-0.05, 0) is 35.0 Å². The summed E-state index contributed by atoms with van der Waals surface area (Å²) >= 11 is 0. The maximum absolute atomic E-state index is 10.9. The SMILES string of the molecule is CCC.COC(=O)NCCNC(C)c1ccc(-n2cnnn2)cc1. The van der Waals surface area contributed by atoms with Crippen LogP contribution in [0.3, 0.4) is 0 Å². The van der Waals surface area contributed by atoms with Crippen molar-refractivity contribution in [1.29, 1.82) is 0 Å². The Kier molecular flexibility index (Phi) is 9.06. The molecule has 2 N–H and O–H groups in total. The molecule has 0 saturated heterocycles. The van der Waals surface area contributed by atoms with E-state index in [0.717, 1.165) is 11.3 Å². The summed E-state index contributed by atoms with van der Waals surface area (Å²) in [5, 5.41) is 17.0. The third-order valence-electron chi connectivity index (χ3n) is 3.04. The van der Waals surface area contributed by atoms with Gasteiger partial charge in [0.05, 0.1) is 12.8 Å². The predicted molar refractivity (Wildman–Crippen MR) is 91.9 cm³/mol. The summed E-state index contributed by atoms with van der Waals surface area (Å²) in [6.45, 7) is 7.48. The van der Waals surface area contributed by atoms with E-state index in [1.165, 1.54) is 13.5 Å². The molecule has 1 aromatic carbocycles. The van der Waals surface area contributed by atoms with Crippen molar-refractivity contribution in [3.8, 4) is 5.69 Å². The van der Waals surface area contributed by atoms with Crippen LogP contribution in [0.25, 0.3) is 5.69 Å². The number of nitrogens with zero attached hydrogens (tertiary/aromatic N) is 4. The molecule has 1 amide bonds. The monoisotopic (exact) mass is 334 g/mol. The number of aromatic nitrogens is 4. The first-order chi connectivity index (χ1) is 11.6. The molecule has 132 valence electrons. The first-order valence-electron chi connectivity index (χ1n) is 8.00. The molecule has 1 aromatic heterocycles. The average molecular weight is 334 g/mol. The van der Waals surface area contributed by atoms with Crippen LogP contribution in [0.1, 0.15) is 38.8 Å². The number of methoxy groups -OCH3 is 1. The van der Waals surface area contributed by atoms with Crippen molar-refractivity contribution in [2.75, 3.05) is 20.2 Å². The Hall–Kier alpha value is -2.48. The van der Waals surface area contributed by atoms with Crippen molar-refractivity contribution >= 4 is 6.09 Å². The minimum Gasteiger partial charge on any atom is -0.453 e. The highest BCUT2D eigenvalue weighted by Crippen LogP contribution is 2.14. The van der Waals surface area contributed by atoms with Crippen LogP contribution in [-0.2, 0) is 4.74 Å². The van der Waals surface area contributed by atoms with E-state index in [1.54, 1.807) is 11.0 Å². The van der Waals surface area contributed by atoms with Crippen molar-refractivity contribution in [1.82, 2.24) is 30.8 Å². The zero-order valence-electron chi connectivity index (χ0n) is 14.7. The summed E-state index contributed by atoms with van der Waals surface area (Å²) in [7, 11) is 1.34. The molecule has 1 heterocycles. The van der Waals surface area contributed by atoms with Gasteiger partial charge in [-0.3, -0.25) is 0 Å². The summed E-state index contributed by atoms with van der Waals surface area (Å²) < 4.78 is 6.09. The highest BCUT2D eigenvalue weighted by atomic mass is 16.5. The molecule has 2 rings (SSSR count). The number of tetrazole rings is 1. The largest absolute Gasteiger partial charge is 0.453 e. The number of hydrogen-bond acceptors (Lipinski definition) is 6. The van der Waals surface area contributed by atoms with E-state index in [4.69, 9.17) is 0 Å². The fourth-order valence-corrected chi connectivity index (χ4v) is 1.84. The van der Waals surface area contributed by atoms with E-state index < -0.39 is 6.09 Å². The van der Waals surface area contributed by atoms with E-state index in [1.807, 2.05) is 24.3 Å². The van der Waals surface area contributed by atoms with E-state index in [-0.39, 0.29) is 6.04 Å². The summed E-state index contributed by atoms with van der Waals surface area (Å²) in [4.78, 5) is 10.9. The van der Waals surface area contributed by atoms with Gasteiger partial charge in [0, 0.05) is 19.1 Å². The standard InChI is InChI=1S/C13H18N6O2.C3H8/c1-10(14-7-8-15-13(20)21-2)11-3-5-12(6-4-11)19-9-16-17-18-19;1-3-2/h3-6,9-10,14H,7-8H2,1-2H3,(H,15,20);3H2,1-2H3. The summed E-state index contributed by atoms with van der Waals surface area (Å²) in [6, 6.07) is 8.12. The molecule has 0 bridgehead atoms. The van der Waals surface area contributed by atoms with Crippen LogP contribution in [0, 0.1) is 0 Å². The summed E-state index contributed by atoms with van der Waals surface area (Å²) in [5.41, 5.74) is 2.05. The highest BCUT2D eigenvalue weighted by Gasteiger charge is 2.06.